The zero-order valence-electron chi connectivity index (χ0n) is 7.13. The van der Waals surface area contributed by atoms with Gasteiger partial charge in [-0.05, 0) is 0 Å². The largest absolute Gasteiger partial charge is 0.394 e. The Bertz CT molecular complexity index is 147. The number of hydrogen-bond acceptors (Lipinski definition) is 5. The highest BCUT2D eigenvalue weighted by molar-refractivity contribution is 14.1. The molecular weight excluding hydrogens is 288 g/mol. The van der Waals surface area contributed by atoms with Crippen molar-refractivity contribution in [2.45, 2.75) is 28.5 Å². The van der Waals surface area contributed by atoms with Crippen LogP contribution in [0.4, 0.5) is 0 Å². The van der Waals surface area contributed by atoms with Gasteiger partial charge >= 0.3 is 0 Å². The van der Waals surface area contributed by atoms with E-state index in [1.54, 1.807) is 0 Å². The molecule has 1 rings (SSSR count). The van der Waals surface area contributed by atoms with Crippen LogP contribution in [0.3, 0.4) is 0 Å². The summed E-state index contributed by atoms with van der Waals surface area (Å²) in [6, 6.07) is 0. The predicted molar refractivity (Wildman–Crippen MR) is 52.6 cm³/mol. The van der Waals surface area contributed by atoms with Crippen LogP contribution in [0.2, 0.25) is 0 Å². The van der Waals surface area contributed by atoms with Crippen LogP contribution >= 0.6 is 22.6 Å². The Kier molecular flexibility index (Phi) is 4.33. The number of alkyl halides is 1. The third-order valence-corrected chi connectivity index (χ3v) is 3.51. The summed E-state index contributed by atoms with van der Waals surface area (Å²) >= 11 is 1.91. The maximum atomic E-state index is 9.52. The van der Waals surface area contributed by atoms with Gasteiger partial charge < -0.3 is 24.8 Å². The zero-order valence-corrected chi connectivity index (χ0v) is 9.29. The molecule has 0 saturated carbocycles. The summed E-state index contributed by atoms with van der Waals surface area (Å²) in [6.07, 6.45) is -3.20. The van der Waals surface area contributed by atoms with Gasteiger partial charge in [0.1, 0.15) is 12.2 Å². The third kappa shape index (κ3) is 2.31. The summed E-state index contributed by atoms with van der Waals surface area (Å²) < 4.78 is 9.56. The van der Waals surface area contributed by atoms with E-state index in [0.29, 0.717) is 0 Å². The molecule has 0 amide bonds. The predicted octanol–water partition coefficient (Wildman–Crippen LogP) is -1.12. The van der Waals surface area contributed by atoms with Crippen LogP contribution in [0.25, 0.3) is 0 Å². The van der Waals surface area contributed by atoms with Gasteiger partial charge in [0.25, 0.3) is 0 Å². The highest BCUT2D eigenvalue weighted by Gasteiger charge is 2.42. The smallest absolute Gasteiger partial charge is 0.184 e. The fourth-order valence-electron chi connectivity index (χ4n) is 1.24. The minimum absolute atomic E-state index is 0.284. The minimum atomic E-state index is -0.872. The molecule has 0 aliphatic carbocycles. The molecule has 1 aliphatic heterocycles. The Morgan fingerprint density at radius 2 is 2.00 bits per heavy atom. The number of hydrogen-bond donors (Lipinski definition) is 3. The van der Waals surface area contributed by atoms with E-state index in [4.69, 9.17) is 14.6 Å². The molecular formula is C7H13IO5. The van der Waals surface area contributed by atoms with E-state index < -0.39 is 28.5 Å². The molecule has 1 saturated heterocycles. The molecule has 13 heavy (non-hydrogen) atoms. The van der Waals surface area contributed by atoms with E-state index in [1.165, 1.54) is 7.11 Å². The number of rotatable bonds is 2. The number of halogens is 1. The van der Waals surface area contributed by atoms with Crippen molar-refractivity contribution in [3.63, 3.8) is 0 Å². The normalized spacial score (nSPS) is 46.4. The summed E-state index contributed by atoms with van der Waals surface area (Å²) in [5.41, 5.74) is 0. The topological polar surface area (TPSA) is 79.2 Å². The summed E-state index contributed by atoms with van der Waals surface area (Å²) in [4.78, 5) is 0. The van der Waals surface area contributed by atoms with Crippen LogP contribution in [0.5, 0.6) is 0 Å². The van der Waals surface area contributed by atoms with Gasteiger partial charge in [0.05, 0.1) is 16.6 Å². The van der Waals surface area contributed by atoms with Gasteiger partial charge in [-0.15, -0.1) is 0 Å². The first kappa shape index (κ1) is 11.6. The number of ether oxygens (including phenoxy) is 2. The van der Waals surface area contributed by atoms with E-state index in [-0.39, 0.29) is 6.61 Å². The average Bonchev–Trinajstić information content (AvgIpc) is 2.15. The van der Waals surface area contributed by atoms with Crippen LogP contribution < -0.4 is 0 Å². The molecule has 1 heterocycles. The second-order valence-corrected chi connectivity index (χ2v) is 4.33. The molecule has 0 aromatic heterocycles. The Hall–Kier alpha value is 0.530. The molecule has 5 atom stereocenters. The monoisotopic (exact) mass is 301 g/mol. The lowest BCUT2D eigenvalue weighted by Gasteiger charge is -2.39. The van der Waals surface area contributed by atoms with Crippen molar-refractivity contribution in [1.82, 2.24) is 0 Å². The standard InChI is InChI=1S/C7H13IO5/c1-12-7-6(11)4(8)5(10)3(2-9)13-7/h3-7,9-11H,2H2,1H3/t3-,4+,5+,6-,7?/m1/s1/i8-3. The van der Waals surface area contributed by atoms with Gasteiger partial charge in [0.15, 0.2) is 6.29 Å². The van der Waals surface area contributed by atoms with Gasteiger partial charge in [0.2, 0.25) is 0 Å². The highest BCUT2D eigenvalue weighted by Crippen LogP contribution is 2.26. The van der Waals surface area contributed by atoms with Crippen LogP contribution in [0.15, 0.2) is 0 Å². The van der Waals surface area contributed by atoms with Gasteiger partial charge in [-0.3, -0.25) is 0 Å². The fraction of sp³-hybridized carbons (Fsp3) is 1.00. The number of aliphatic hydroxyl groups excluding tert-OH is 3. The Morgan fingerprint density at radius 3 is 2.46 bits per heavy atom. The van der Waals surface area contributed by atoms with Crippen LogP contribution in [0, 0.1) is 0 Å². The molecule has 3 N–H and O–H groups in total. The lowest BCUT2D eigenvalue weighted by Crippen LogP contribution is -2.56. The maximum Gasteiger partial charge on any atom is 0.184 e. The number of aliphatic hydroxyl groups is 3. The lowest BCUT2D eigenvalue weighted by atomic mass is 10.0. The van der Waals surface area contributed by atoms with Crippen molar-refractivity contribution in [1.29, 1.82) is 0 Å². The van der Waals surface area contributed by atoms with Gasteiger partial charge in [0, 0.05) is 7.11 Å². The van der Waals surface area contributed by atoms with Gasteiger partial charge in [-0.1, -0.05) is 22.6 Å². The third-order valence-electron chi connectivity index (χ3n) is 2.03. The summed E-state index contributed by atoms with van der Waals surface area (Å²) in [7, 11) is 1.41. The number of methoxy groups -OCH3 is 1. The molecule has 0 spiro atoms. The first-order valence-electron chi connectivity index (χ1n) is 3.91. The molecule has 5 nitrogen and oxygen atoms in total. The molecule has 0 radical (unpaired) electrons. The van der Waals surface area contributed by atoms with Crippen molar-refractivity contribution < 1.29 is 24.8 Å². The van der Waals surface area contributed by atoms with E-state index in [0.717, 1.165) is 0 Å². The van der Waals surface area contributed by atoms with Crippen LogP contribution in [-0.2, 0) is 9.47 Å². The maximum absolute atomic E-state index is 9.52. The summed E-state index contributed by atoms with van der Waals surface area (Å²) in [5.74, 6) is 0. The van der Waals surface area contributed by atoms with Gasteiger partial charge in [-0.25, -0.2) is 0 Å². The Morgan fingerprint density at radius 1 is 1.38 bits per heavy atom. The zero-order chi connectivity index (χ0) is 10.0. The molecule has 0 aromatic carbocycles. The van der Waals surface area contributed by atoms with E-state index in [1.807, 2.05) is 22.6 Å². The quantitative estimate of drug-likeness (QED) is 0.445. The SMILES string of the molecule is COC1O[C@H](CO)[C@H](O)[C@H]([124I])[C@H]1O. The van der Waals surface area contributed by atoms with Crippen molar-refractivity contribution >= 4 is 22.6 Å². The molecule has 0 aromatic rings. The van der Waals surface area contributed by atoms with Gasteiger partial charge in [-0.2, -0.15) is 0 Å². The minimum Gasteiger partial charge on any atom is -0.394 e. The fourth-order valence-corrected chi connectivity index (χ4v) is 2.04. The molecule has 1 fully saturated rings. The van der Waals surface area contributed by atoms with Crippen molar-refractivity contribution in [3.8, 4) is 0 Å². The summed E-state index contributed by atoms with van der Waals surface area (Å²) in [6.45, 7) is -0.284. The van der Waals surface area contributed by atoms with Crippen molar-refractivity contribution in [2.24, 2.45) is 0 Å². The van der Waals surface area contributed by atoms with E-state index >= 15 is 0 Å². The molecule has 78 valence electrons. The lowest BCUT2D eigenvalue weighted by molar-refractivity contribution is -0.256. The van der Waals surface area contributed by atoms with Crippen molar-refractivity contribution in [2.75, 3.05) is 13.7 Å². The second-order valence-electron chi connectivity index (χ2n) is 2.89. The van der Waals surface area contributed by atoms with Crippen LogP contribution in [-0.4, -0.2) is 57.6 Å². The van der Waals surface area contributed by atoms with E-state index in [2.05, 4.69) is 0 Å². The summed E-state index contributed by atoms with van der Waals surface area (Å²) in [5, 5.41) is 27.9. The first-order chi connectivity index (χ1) is 6.11. The molecule has 1 unspecified atom stereocenters. The molecule has 6 heteroatoms. The van der Waals surface area contributed by atoms with Crippen LogP contribution in [0.1, 0.15) is 0 Å². The first-order valence-corrected chi connectivity index (χ1v) is 5.15. The van der Waals surface area contributed by atoms with Crippen molar-refractivity contribution in [3.05, 3.63) is 0 Å². The van der Waals surface area contributed by atoms with E-state index in [9.17, 15) is 10.2 Å². The second kappa shape index (κ2) is 4.85. The Balaban J connectivity index is 2.66. The highest BCUT2D eigenvalue weighted by atomic mass is 124. The average molecular weight is 301 g/mol. The molecule has 0 bridgehead atoms. The Labute approximate surface area is 89.8 Å². The molecule has 1 aliphatic rings.